The molecule has 5 nitrogen and oxygen atoms in total. The van der Waals surface area contributed by atoms with E-state index in [2.05, 4.69) is 4.72 Å². The van der Waals surface area contributed by atoms with E-state index in [1.165, 1.54) is 6.08 Å². The highest BCUT2D eigenvalue weighted by molar-refractivity contribution is 7.92. The van der Waals surface area contributed by atoms with Gasteiger partial charge in [-0.2, -0.15) is 4.72 Å². The van der Waals surface area contributed by atoms with Crippen molar-refractivity contribution in [2.24, 2.45) is 5.73 Å². The highest BCUT2D eigenvalue weighted by atomic mass is 32.2. The lowest BCUT2D eigenvalue weighted by molar-refractivity contribution is -0.123. The third-order valence-corrected chi connectivity index (χ3v) is 4.68. The SMILES string of the molecule is NC(=O)C1(NS(=O)(=O)C=Cc2ccccc2)CCCC1. The van der Waals surface area contributed by atoms with Crippen LogP contribution in [0, 0.1) is 0 Å². The van der Waals surface area contributed by atoms with E-state index in [9.17, 15) is 13.2 Å². The van der Waals surface area contributed by atoms with E-state index < -0.39 is 21.5 Å². The third kappa shape index (κ3) is 3.46. The van der Waals surface area contributed by atoms with Gasteiger partial charge in [0, 0.05) is 5.41 Å². The summed E-state index contributed by atoms with van der Waals surface area (Å²) in [6, 6.07) is 9.09. The van der Waals surface area contributed by atoms with Crippen LogP contribution in [0.3, 0.4) is 0 Å². The van der Waals surface area contributed by atoms with Crippen molar-refractivity contribution in [3.05, 3.63) is 41.3 Å². The summed E-state index contributed by atoms with van der Waals surface area (Å²) in [5.74, 6) is -0.605. The number of amides is 1. The predicted molar refractivity (Wildman–Crippen MR) is 77.9 cm³/mol. The maximum absolute atomic E-state index is 12.1. The number of hydrogen-bond donors (Lipinski definition) is 2. The molecule has 0 unspecified atom stereocenters. The summed E-state index contributed by atoms with van der Waals surface area (Å²) >= 11 is 0. The zero-order chi connectivity index (χ0) is 14.6. The smallest absolute Gasteiger partial charge is 0.238 e. The molecule has 0 aliphatic heterocycles. The minimum absolute atomic E-state index is 0.459. The summed E-state index contributed by atoms with van der Waals surface area (Å²) < 4.78 is 26.6. The Morgan fingerprint density at radius 1 is 1.20 bits per heavy atom. The number of nitrogens with two attached hydrogens (primary N) is 1. The lowest BCUT2D eigenvalue weighted by Gasteiger charge is -2.25. The fourth-order valence-corrected chi connectivity index (χ4v) is 3.67. The van der Waals surface area contributed by atoms with Gasteiger partial charge in [-0.05, 0) is 24.5 Å². The largest absolute Gasteiger partial charge is 0.368 e. The van der Waals surface area contributed by atoms with Gasteiger partial charge in [0.05, 0.1) is 0 Å². The topological polar surface area (TPSA) is 89.3 Å². The van der Waals surface area contributed by atoms with Crippen LogP contribution in [0.2, 0.25) is 0 Å². The van der Waals surface area contributed by atoms with Crippen molar-refractivity contribution in [1.29, 1.82) is 0 Å². The van der Waals surface area contributed by atoms with E-state index in [-0.39, 0.29) is 0 Å². The Hall–Kier alpha value is -1.66. The van der Waals surface area contributed by atoms with Crippen LogP contribution in [0.5, 0.6) is 0 Å². The number of sulfonamides is 1. The Morgan fingerprint density at radius 2 is 1.80 bits per heavy atom. The first-order chi connectivity index (χ1) is 9.44. The second kappa shape index (κ2) is 5.76. The standard InChI is InChI=1S/C14H18N2O3S/c15-13(17)14(9-4-5-10-14)16-20(18,19)11-8-12-6-2-1-3-7-12/h1-3,6-8,11,16H,4-5,9-10H2,(H2,15,17). The normalized spacial score (nSPS) is 18.4. The minimum atomic E-state index is -3.70. The number of nitrogens with one attached hydrogen (secondary N) is 1. The molecule has 108 valence electrons. The molecule has 0 atom stereocenters. The Balaban J connectivity index is 2.15. The molecule has 0 spiro atoms. The molecule has 1 fully saturated rings. The van der Waals surface area contributed by atoms with Crippen molar-refractivity contribution in [3.8, 4) is 0 Å². The van der Waals surface area contributed by atoms with Crippen LogP contribution in [-0.4, -0.2) is 19.9 Å². The second-order valence-electron chi connectivity index (χ2n) is 5.01. The molecular weight excluding hydrogens is 276 g/mol. The van der Waals surface area contributed by atoms with Crippen molar-refractivity contribution in [2.45, 2.75) is 31.2 Å². The van der Waals surface area contributed by atoms with Crippen molar-refractivity contribution < 1.29 is 13.2 Å². The summed E-state index contributed by atoms with van der Waals surface area (Å²) in [6.07, 6.45) is 4.01. The molecule has 1 aromatic carbocycles. The van der Waals surface area contributed by atoms with Gasteiger partial charge in [0.1, 0.15) is 5.54 Å². The minimum Gasteiger partial charge on any atom is -0.368 e. The van der Waals surface area contributed by atoms with Crippen LogP contribution in [0.1, 0.15) is 31.2 Å². The van der Waals surface area contributed by atoms with Gasteiger partial charge in [0.15, 0.2) is 0 Å². The van der Waals surface area contributed by atoms with Gasteiger partial charge in [-0.3, -0.25) is 4.79 Å². The van der Waals surface area contributed by atoms with E-state index in [4.69, 9.17) is 5.73 Å². The molecule has 1 aliphatic carbocycles. The number of primary amides is 1. The van der Waals surface area contributed by atoms with Crippen LogP contribution in [-0.2, 0) is 14.8 Å². The molecule has 3 N–H and O–H groups in total. The molecule has 0 bridgehead atoms. The number of carbonyl (C=O) groups excluding carboxylic acids is 1. The fraction of sp³-hybridized carbons (Fsp3) is 0.357. The summed E-state index contributed by atoms with van der Waals surface area (Å²) in [5, 5.41) is 1.07. The van der Waals surface area contributed by atoms with Gasteiger partial charge in [-0.25, -0.2) is 8.42 Å². The zero-order valence-corrected chi connectivity index (χ0v) is 11.9. The quantitative estimate of drug-likeness (QED) is 0.859. The van der Waals surface area contributed by atoms with E-state index >= 15 is 0 Å². The molecule has 1 aliphatic rings. The van der Waals surface area contributed by atoms with Crippen molar-refractivity contribution >= 4 is 22.0 Å². The molecule has 0 heterocycles. The molecule has 20 heavy (non-hydrogen) atoms. The summed E-state index contributed by atoms with van der Waals surface area (Å²) in [6.45, 7) is 0. The molecule has 2 rings (SSSR count). The van der Waals surface area contributed by atoms with Crippen LogP contribution in [0.15, 0.2) is 35.7 Å². The van der Waals surface area contributed by atoms with E-state index in [0.717, 1.165) is 23.8 Å². The van der Waals surface area contributed by atoms with Crippen LogP contribution < -0.4 is 10.5 Å². The predicted octanol–water partition coefficient (Wildman–Crippen LogP) is 1.37. The molecule has 0 radical (unpaired) electrons. The van der Waals surface area contributed by atoms with E-state index in [0.29, 0.717) is 12.8 Å². The first kappa shape index (κ1) is 14.7. The van der Waals surface area contributed by atoms with E-state index in [1.54, 1.807) is 12.1 Å². The molecule has 1 amide bonds. The van der Waals surface area contributed by atoms with Gasteiger partial charge in [-0.1, -0.05) is 43.2 Å². The lowest BCUT2D eigenvalue weighted by atomic mass is 9.99. The highest BCUT2D eigenvalue weighted by Gasteiger charge is 2.42. The average molecular weight is 294 g/mol. The van der Waals surface area contributed by atoms with Gasteiger partial charge < -0.3 is 5.73 Å². The highest BCUT2D eigenvalue weighted by Crippen LogP contribution is 2.30. The van der Waals surface area contributed by atoms with Gasteiger partial charge in [0.25, 0.3) is 0 Å². The van der Waals surface area contributed by atoms with Crippen LogP contribution >= 0.6 is 0 Å². The molecule has 0 aromatic heterocycles. The number of hydrogen-bond acceptors (Lipinski definition) is 3. The number of rotatable bonds is 5. The maximum Gasteiger partial charge on any atom is 0.238 e. The Bertz CT molecular complexity index is 603. The molecule has 1 aromatic rings. The van der Waals surface area contributed by atoms with Crippen LogP contribution in [0.4, 0.5) is 0 Å². The number of benzene rings is 1. The zero-order valence-electron chi connectivity index (χ0n) is 11.1. The average Bonchev–Trinajstić information content (AvgIpc) is 2.87. The Kier molecular flexibility index (Phi) is 4.25. The third-order valence-electron chi connectivity index (χ3n) is 3.51. The molecule has 0 saturated heterocycles. The molecule has 6 heteroatoms. The molecule has 1 saturated carbocycles. The van der Waals surface area contributed by atoms with Gasteiger partial charge in [-0.15, -0.1) is 0 Å². The van der Waals surface area contributed by atoms with Crippen LogP contribution in [0.25, 0.3) is 6.08 Å². The van der Waals surface area contributed by atoms with Gasteiger partial charge >= 0.3 is 0 Å². The first-order valence-electron chi connectivity index (χ1n) is 6.51. The van der Waals surface area contributed by atoms with Crippen molar-refractivity contribution in [2.75, 3.05) is 0 Å². The van der Waals surface area contributed by atoms with Gasteiger partial charge in [0.2, 0.25) is 15.9 Å². The van der Waals surface area contributed by atoms with Crippen molar-refractivity contribution in [1.82, 2.24) is 4.72 Å². The molecular formula is C14H18N2O3S. The number of carbonyl (C=O) groups is 1. The first-order valence-corrected chi connectivity index (χ1v) is 8.05. The Labute approximate surface area is 118 Å². The van der Waals surface area contributed by atoms with Crippen molar-refractivity contribution in [3.63, 3.8) is 0 Å². The maximum atomic E-state index is 12.1. The monoisotopic (exact) mass is 294 g/mol. The summed E-state index contributed by atoms with van der Waals surface area (Å²) in [7, 11) is -3.70. The van der Waals surface area contributed by atoms with E-state index in [1.807, 2.05) is 18.2 Å². The Morgan fingerprint density at radius 3 is 2.35 bits per heavy atom. The lowest BCUT2D eigenvalue weighted by Crippen LogP contribution is -2.55. The summed E-state index contributed by atoms with van der Waals surface area (Å²) in [5.41, 5.74) is 5.01. The fourth-order valence-electron chi connectivity index (χ4n) is 2.42. The summed E-state index contributed by atoms with van der Waals surface area (Å²) in [4.78, 5) is 11.5. The second-order valence-corrected chi connectivity index (χ2v) is 6.58.